The molecule has 1 aliphatic carbocycles. The molecule has 1 unspecified atom stereocenters. The highest BCUT2D eigenvalue weighted by Crippen LogP contribution is 2.48. The fourth-order valence-electron chi connectivity index (χ4n) is 3.95. The van der Waals surface area contributed by atoms with Crippen molar-refractivity contribution in [1.29, 1.82) is 0 Å². The van der Waals surface area contributed by atoms with Gasteiger partial charge in [-0.05, 0) is 70.3 Å². The highest BCUT2D eigenvalue weighted by molar-refractivity contribution is 9.10. The Labute approximate surface area is 158 Å². The van der Waals surface area contributed by atoms with Crippen molar-refractivity contribution in [3.05, 3.63) is 66.8 Å². The van der Waals surface area contributed by atoms with Crippen LogP contribution in [0.3, 0.4) is 0 Å². The molecule has 5 rings (SSSR count). The van der Waals surface area contributed by atoms with Crippen LogP contribution in [0.25, 0.3) is 5.65 Å². The quantitative estimate of drug-likeness (QED) is 0.647. The summed E-state index contributed by atoms with van der Waals surface area (Å²) in [6.07, 6.45) is 5.52. The highest BCUT2D eigenvalue weighted by Gasteiger charge is 2.39. The molecule has 2 aliphatic rings. The van der Waals surface area contributed by atoms with Gasteiger partial charge in [0.25, 0.3) is 5.56 Å². The lowest BCUT2D eigenvalue weighted by molar-refractivity contribution is 0.156. The Morgan fingerprint density at radius 3 is 3.00 bits per heavy atom. The minimum atomic E-state index is -0.0162. The number of hydrogen-bond donors (Lipinski definition) is 0. The van der Waals surface area contributed by atoms with Gasteiger partial charge in [-0.15, -0.1) is 11.3 Å². The monoisotopic (exact) mass is 415 g/mol. The molecule has 0 radical (unpaired) electrons. The maximum atomic E-state index is 12.5. The number of aromatic nitrogens is 2. The number of nitrogens with zero attached hydrogens (tertiary/aromatic N) is 3. The van der Waals surface area contributed by atoms with Gasteiger partial charge in [-0.25, -0.2) is 4.98 Å². The van der Waals surface area contributed by atoms with E-state index >= 15 is 0 Å². The van der Waals surface area contributed by atoms with Gasteiger partial charge >= 0.3 is 0 Å². The lowest BCUT2D eigenvalue weighted by Gasteiger charge is -2.36. The predicted octanol–water partition coefficient (Wildman–Crippen LogP) is 4.03. The first kappa shape index (κ1) is 15.7. The van der Waals surface area contributed by atoms with E-state index in [2.05, 4.69) is 32.3 Å². The van der Waals surface area contributed by atoms with E-state index in [1.165, 1.54) is 18.4 Å². The zero-order valence-corrected chi connectivity index (χ0v) is 16.1. The molecule has 0 bridgehead atoms. The zero-order valence-electron chi connectivity index (χ0n) is 13.7. The van der Waals surface area contributed by atoms with E-state index in [0.29, 0.717) is 11.7 Å². The van der Waals surface area contributed by atoms with Crippen molar-refractivity contribution in [3.63, 3.8) is 0 Å². The Hall–Kier alpha value is -1.50. The molecule has 4 nitrogen and oxygen atoms in total. The second-order valence-electron chi connectivity index (χ2n) is 6.96. The van der Waals surface area contributed by atoms with Crippen molar-refractivity contribution in [1.82, 2.24) is 14.3 Å². The molecule has 3 aromatic rings. The normalized spacial score (nSPS) is 20.8. The average Bonchev–Trinajstić information content (AvgIpc) is 3.32. The van der Waals surface area contributed by atoms with Crippen LogP contribution in [0.5, 0.6) is 0 Å². The molecule has 0 saturated heterocycles. The lowest BCUT2D eigenvalue weighted by Crippen LogP contribution is -2.36. The molecule has 1 saturated carbocycles. The molecule has 1 aliphatic heterocycles. The minimum Gasteiger partial charge on any atom is -0.290 e. The molecule has 25 heavy (non-hydrogen) atoms. The molecular formula is C19H18BrN3OS. The van der Waals surface area contributed by atoms with Crippen LogP contribution in [0.15, 0.2) is 45.1 Å². The molecule has 6 heteroatoms. The van der Waals surface area contributed by atoms with Gasteiger partial charge in [0.2, 0.25) is 0 Å². The third kappa shape index (κ3) is 2.86. The van der Waals surface area contributed by atoms with Crippen molar-refractivity contribution in [2.75, 3.05) is 6.54 Å². The van der Waals surface area contributed by atoms with Gasteiger partial charge in [0.1, 0.15) is 5.65 Å². The molecule has 1 atom stereocenters. The first-order valence-corrected chi connectivity index (χ1v) is 10.3. The van der Waals surface area contributed by atoms with Crippen LogP contribution < -0.4 is 5.56 Å². The number of fused-ring (bicyclic) bond motifs is 2. The van der Waals surface area contributed by atoms with Crippen LogP contribution >= 0.6 is 27.3 Å². The van der Waals surface area contributed by atoms with Crippen LogP contribution in [0.2, 0.25) is 0 Å². The fourth-order valence-corrected chi connectivity index (χ4v) is 5.20. The van der Waals surface area contributed by atoms with Gasteiger partial charge < -0.3 is 0 Å². The average molecular weight is 416 g/mol. The van der Waals surface area contributed by atoms with Gasteiger partial charge in [0.15, 0.2) is 0 Å². The molecule has 4 heterocycles. The first-order chi connectivity index (χ1) is 12.2. The van der Waals surface area contributed by atoms with Crippen LogP contribution in [-0.2, 0) is 13.0 Å². The van der Waals surface area contributed by atoms with Crippen LogP contribution in [0.4, 0.5) is 0 Å². The molecular weight excluding hydrogens is 398 g/mol. The molecule has 3 aromatic heterocycles. The number of halogens is 1. The summed E-state index contributed by atoms with van der Waals surface area (Å²) in [7, 11) is 0. The van der Waals surface area contributed by atoms with E-state index in [1.807, 2.05) is 23.5 Å². The van der Waals surface area contributed by atoms with Crippen molar-refractivity contribution >= 4 is 32.9 Å². The van der Waals surface area contributed by atoms with Gasteiger partial charge in [-0.2, -0.15) is 0 Å². The van der Waals surface area contributed by atoms with Gasteiger partial charge in [-0.1, -0.05) is 0 Å². The summed E-state index contributed by atoms with van der Waals surface area (Å²) in [5, 5.41) is 2.22. The van der Waals surface area contributed by atoms with E-state index in [0.717, 1.165) is 35.6 Å². The molecule has 0 spiro atoms. The fraction of sp³-hybridized carbons (Fsp3) is 0.368. The summed E-state index contributed by atoms with van der Waals surface area (Å²) in [5.74, 6) is 0.770. The Balaban J connectivity index is 1.50. The Bertz CT molecular complexity index is 1010. The smallest absolute Gasteiger partial charge is 0.258 e. The number of rotatable bonds is 3. The highest BCUT2D eigenvalue weighted by atomic mass is 79.9. The van der Waals surface area contributed by atoms with Gasteiger partial charge in [0, 0.05) is 40.7 Å². The topological polar surface area (TPSA) is 37.6 Å². The predicted molar refractivity (Wildman–Crippen MR) is 103 cm³/mol. The molecule has 0 amide bonds. The maximum Gasteiger partial charge on any atom is 0.258 e. The molecule has 128 valence electrons. The second-order valence-corrected chi connectivity index (χ2v) is 8.88. The lowest BCUT2D eigenvalue weighted by atomic mass is 9.95. The summed E-state index contributed by atoms with van der Waals surface area (Å²) >= 11 is 5.30. The second kappa shape index (κ2) is 6.04. The largest absolute Gasteiger partial charge is 0.290 e. The van der Waals surface area contributed by atoms with Crippen molar-refractivity contribution in [2.24, 2.45) is 5.92 Å². The third-order valence-corrected chi connectivity index (χ3v) is 6.69. The van der Waals surface area contributed by atoms with Crippen LogP contribution in [0.1, 0.15) is 35.0 Å². The van der Waals surface area contributed by atoms with E-state index in [9.17, 15) is 4.79 Å². The molecule has 1 fully saturated rings. The van der Waals surface area contributed by atoms with Crippen LogP contribution in [0, 0.1) is 5.92 Å². The molecule has 0 aromatic carbocycles. The summed E-state index contributed by atoms with van der Waals surface area (Å²) in [4.78, 5) is 21.3. The summed E-state index contributed by atoms with van der Waals surface area (Å²) in [5.41, 5.74) is 3.08. The summed E-state index contributed by atoms with van der Waals surface area (Å²) in [6, 6.07) is 8.31. The van der Waals surface area contributed by atoms with E-state index in [1.54, 1.807) is 21.5 Å². The van der Waals surface area contributed by atoms with Crippen molar-refractivity contribution < 1.29 is 0 Å². The van der Waals surface area contributed by atoms with E-state index < -0.39 is 0 Å². The standard InChI is InChI=1S/C19H18BrN3OS/c20-13-3-4-17-21-14(9-18(24)23(17)10-13)11-22-7-5-16-15(6-8-25-16)19(22)12-1-2-12/h3-4,6,8-10,12,19H,1-2,5,7,11H2. The summed E-state index contributed by atoms with van der Waals surface area (Å²) < 4.78 is 2.48. The van der Waals surface area contributed by atoms with E-state index in [-0.39, 0.29) is 5.56 Å². The Morgan fingerprint density at radius 2 is 2.16 bits per heavy atom. The zero-order chi connectivity index (χ0) is 17.0. The summed E-state index contributed by atoms with van der Waals surface area (Å²) in [6.45, 7) is 1.80. The SMILES string of the molecule is O=c1cc(CN2CCc3sccc3C2C2CC2)nc2ccc(Br)cn12. The van der Waals surface area contributed by atoms with Gasteiger partial charge in [0.05, 0.1) is 5.69 Å². The van der Waals surface area contributed by atoms with Crippen molar-refractivity contribution in [3.8, 4) is 0 Å². The van der Waals surface area contributed by atoms with E-state index in [4.69, 9.17) is 4.98 Å². The first-order valence-electron chi connectivity index (χ1n) is 8.67. The Kier molecular flexibility index (Phi) is 3.80. The number of pyridine rings is 1. The number of thiophene rings is 1. The Morgan fingerprint density at radius 1 is 1.28 bits per heavy atom. The molecule has 0 N–H and O–H groups in total. The van der Waals surface area contributed by atoms with Gasteiger partial charge in [-0.3, -0.25) is 14.1 Å². The maximum absolute atomic E-state index is 12.5. The van der Waals surface area contributed by atoms with Crippen molar-refractivity contribution in [2.45, 2.75) is 31.8 Å². The minimum absolute atomic E-state index is 0.0162. The number of hydrogen-bond acceptors (Lipinski definition) is 4. The third-order valence-electron chi connectivity index (χ3n) is 5.23. The van der Waals surface area contributed by atoms with Crippen LogP contribution in [-0.4, -0.2) is 20.8 Å².